The summed E-state index contributed by atoms with van der Waals surface area (Å²) in [4.78, 5) is 17.0. The van der Waals surface area contributed by atoms with E-state index in [0.29, 0.717) is 11.7 Å². The number of benzene rings is 2. The normalized spacial score (nSPS) is 11.9. The lowest BCUT2D eigenvalue weighted by Crippen LogP contribution is -2.33. The summed E-state index contributed by atoms with van der Waals surface area (Å²) in [5, 5.41) is 3.04. The van der Waals surface area contributed by atoms with Gasteiger partial charge in [0.15, 0.2) is 6.61 Å². The third-order valence-electron chi connectivity index (χ3n) is 4.65. The van der Waals surface area contributed by atoms with Crippen LogP contribution in [0.4, 0.5) is 0 Å². The second-order valence-electron chi connectivity index (χ2n) is 7.13. The molecule has 0 radical (unpaired) electrons. The lowest BCUT2D eigenvalue weighted by atomic mass is 9.98. The summed E-state index contributed by atoms with van der Waals surface area (Å²) >= 11 is 0. The molecule has 4 nitrogen and oxygen atoms in total. The van der Waals surface area contributed by atoms with Gasteiger partial charge in [-0.3, -0.25) is 9.78 Å². The Morgan fingerprint density at radius 2 is 1.79 bits per heavy atom. The van der Waals surface area contributed by atoms with Crippen molar-refractivity contribution >= 4 is 5.91 Å². The number of amides is 1. The van der Waals surface area contributed by atoms with E-state index in [1.54, 1.807) is 6.20 Å². The van der Waals surface area contributed by atoms with Crippen LogP contribution in [0.15, 0.2) is 72.9 Å². The van der Waals surface area contributed by atoms with Crippen LogP contribution in [0, 0.1) is 6.92 Å². The van der Waals surface area contributed by atoms with Gasteiger partial charge in [-0.1, -0.05) is 56.3 Å². The van der Waals surface area contributed by atoms with E-state index in [1.807, 2.05) is 60.7 Å². The molecule has 0 bridgehead atoms. The molecule has 3 aromatic rings. The lowest BCUT2D eigenvalue weighted by Gasteiger charge is -2.19. The molecule has 4 heteroatoms. The fourth-order valence-electron chi connectivity index (χ4n) is 3.26. The van der Waals surface area contributed by atoms with Crippen molar-refractivity contribution in [2.24, 2.45) is 0 Å². The number of nitrogens with zero attached hydrogens (tertiary/aromatic N) is 1. The minimum absolute atomic E-state index is 0.0450. The molecular weight excluding hydrogens is 348 g/mol. The number of nitrogens with one attached hydrogen (secondary N) is 1. The standard InChI is InChI=1S/C24H26N2O2/c1-17(2)21-13-12-20(15-18(21)3)28-16-23(27)26-24(19-9-5-4-6-10-19)22-11-7-8-14-25-22/h4-15,17,24H,16H2,1-3H3,(H,26,27). The van der Waals surface area contributed by atoms with E-state index < -0.39 is 0 Å². The molecule has 0 fully saturated rings. The number of aryl methyl sites for hydroxylation is 1. The summed E-state index contributed by atoms with van der Waals surface area (Å²) in [7, 11) is 0. The maximum absolute atomic E-state index is 12.6. The second kappa shape index (κ2) is 9.18. The molecule has 28 heavy (non-hydrogen) atoms. The van der Waals surface area contributed by atoms with E-state index in [9.17, 15) is 4.79 Å². The molecule has 1 amide bonds. The van der Waals surface area contributed by atoms with Gasteiger partial charge in [-0.05, 0) is 53.8 Å². The van der Waals surface area contributed by atoms with Crippen LogP contribution in [-0.4, -0.2) is 17.5 Å². The molecule has 0 aliphatic carbocycles. The Bertz CT molecular complexity index is 869. The summed E-state index contributed by atoms with van der Waals surface area (Å²) < 4.78 is 5.72. The average Bonchev–Trinajstić information content (AvgIpc) is 2.71. The number of carbonyl (C=O) groups is 1. The molecule has 0 aliphatic rings. The number of aromatic nitrogens is 1. The summed E-state index contributed by atoms with van der Waals surface area (Å²) in [6.45, 7) is 6.35. The lowest BCUT2D eigenvalue weighted by molar-refractivity contribution is -0.123. The van der Waals surface area contributed by atoms with Gasteiger partial charge in [0.25, 0.3) is 5.91 Å². The van der Waals surface area contributed by atoms with E-state index in [2.05, 4.69) is 37.1 Å². The maximum atomic E-state index is 12.6. The molecule has 0 aliphatic heterocycles. The number of rotatable bonds is 7. The van der Waals surface area contributed by atoms with Crippen molar-refractivity contribution in [2.45, 2.75) is 32.7 Å². The molecule has 1 atom stereocenters. The van der Waals surface area contributed by atoms with Crippen LogP contribution >= 0.6 is 0 Å². The van der Waals surface area contributed by atoms with E-state index in [1.165, 1.54) is 11.1 Å². The highest BCUT2D eigenvalue weighted by atomic mass is 16.5. The zero-order valence-electron chi connectivity index (χ0n) is 16.6. The SMILES string of the molecule is Cc1cc(OCC(=O)NC(c2ccccc2)c2ccccn2)ccc1C(C)C. The van der Waals surface area contributed by atoms with Crippen LogP contribution in [0.2, 0.25) is 0 Å². The number of carbonyl (C=O) groups excluding carboxylic acids is 1. The van der Waals surface area contributed by atoms with Crippen LogP contribution in [0.5, 0.6) is 5.75 Å². The Kier molecular flexibility index (Phi) is 6.43. The quantitative estimate of drug-likeness (QED) is 0.646. The van der Waals surface area contributed by atoms with Crippen LogP contribution in [0.1, 0.15) is 48.2 Å². The molecule has 0 spiro atoms. The van der Waals surface area contributed by atoms with Gasteiger partial charge in [-0.2, -0.15) is 0 Å². The Morgan fingerprint density at radius 1 is 1.04 bits per heavy atom. The highest BCUT2D eigenvalue weighted by Gasteiger charge is 2.18. The zero-order valence-corrected chi connectivity index (χ0v) is 16.6. The first-order chi connectivity index (χ1) is 13.5. The molecule has 1 unspecified atom stereocenters. The van der Waals surface area contributed by atoms with Crippen LogP contribution in [0.25, 0.3) is 0 Å². The molecular formula is C24H26N2O2. The smallest absolute Gasteiger partial charge is 0.258 e. The Balaban J connectivity index is 1.68. The summed E-state index contributed by atoms with van der Waals surface area (Å²) in [5.41, 5.74) is 4.23. The third kappa shape index (κ3) is 4.97. The minimum Gasteiger partial charge on any atom is -0.484 e. The maximum Gasteiger partial charge on any atom is 0.258 e. The Hall–Kier alpha value is -3.14. The number of ether oxygens (including phenoxy) is 1. The highest BCUT2D eigenvalue weighted by Crippen LogP contribution is 2.24. The molecule has 1 aromatic heterocycles. The minimum atomic E-state index is -0.316. The first-order valence-corrected chi connectivity index (χ1v) is 9.53. The van der Waals surface area contributed by atoms with Crippen molar-refractivity contribution in [1.82, 2.24) is 10.3 Å². The topological polar surface area (TPSA) is 51.2 Å². The first kappa shape index (κ1) is 19.6. The fourth-order valence-corrected chi connectivity index (χ4v) is 3.26. The summed E-state index contributed by atoms with van der Waals surface area (Å²) in [5.74, 6) is 0.971. The monoisotopic (exact) mass is 374 g/mol. The fraction of sp³-hybridized carbons (Fsp3) is 0.250. The second-order valence-corrected chi connectivity index (χ2v) is 7.13. The van der Waals surface area contributed by atoms with Gasteiger partial charge in [0.2, 0.25) is 0 Å². The van der Waals surface area contributed by atoms with Gasteiger partial charge in [0.05, 0.1) is 11.7 Å². The zero-order chi connectivity index (χ0) is 19.9. The van der Waals surface area contributed by atoms with Gasteiger partial charge in [0.1, 0.15) is 5.75 Å². The number of hydrogen-bond donors (Lipinski definition) is 1. The molecule has 2 aromatic carbocycles. The van der Waals surface area contributed by atoms with E-state index in [-0.39, 0.29) is 18.6 Å². The van der Waals surface area contributed by atoms with Gasteiger partial charge < -0.3 is 10.1 Å². The molecule has 1 heterocycles. The van der Waals surface area contributed by atoms with Crippen molar-refractivity contribution in [3.8, 4) is 5.75 Å². The summed E-state index contributed by atoms with van der Waals surface area (Å²) in [6.07, 6.45) is 1.73. The van der Waals surface area contributed by atoms with Crippen LogP contribution in [-0.2, 0) is 4.79 Å². The van der Waals surface area contributed by atoms with Crippen LogP contribution in [0.3, 0.4) is 0 Å². The van der Waals surface area contributed by atoms with Crippen molar-refractivity contribution in [2.75, 3.05) is 6.61 Å². The van der Waals surface area contributed by atoms with E-state index in [4.69, 9.17) is 4.74 Å². The predicted octanol–water partition coefficient (Wildman–Crippen LogP) is 4.80. The van der Waals surface area contributed by atoms with Crippen molar-refractivity contribution in [1.29, 1.82) is 0 Å². The average molecular weight is 374 g/mol. The highest BCUT2D eigenvalue weighted by molar-refractivity contribution is 5.78. The first-order valence-electron chi connectivity index (χ1n) is 9.53. The van der Waals surface area contributed by atoms with Crippen molar-refractivity contribution in [3.63, 3.8) is 0 Å². The molecule has 3 rings (SSSR count). The molecule has 1 N–H and O–H groups in total. The van der Waals surface area contributed by atoms with Gasteiger partial charge in [0, 0.05) is 6.20 Å². The van der Waals surface area contributed by atoms with Crippen molar-refractivity contribution in [3.05, 3.63) is 95.3 Å². The van der Waals surface area contributed by atoms with Crippen LogP contribution < -0.4 is 10.1 Å². The van der Waals surface area contributed by atoms with E-state index >= 15 is 0 Å². The predicted molar refractivity (Wildman–Crippen MR) is 111 cm³/mol. The van der Waals surface area contributed by atoms with Gasteiger partial charge in [-0.25, -0.2) is 0 Å². The van der Waals surface area contributed by atoms with E-state index in [0.717, 1.165) is 11.3 Å². The Labute approximate surface area is 166 Å². The number of hydrogen-bond acceptors (Lipinski definition) is 3. The largest absolute Gasteiger partial charge is 0.484 e. The van der Waals surface area contributed by atoms with Gasteiger partial charge >= 0.3 is 0 Å². The molecule has 0 saturated carbocycles. The van der Waals surface area contributed by atoms with Crippen molar-refractivity contribution < 1.29 is 9.53 Å². The molecule has 144 valence electrons. The number of pyridine rings is 1. The third-order valence-corrected chi connectivity index (χ3v) is 4.65. The van der Waals surface area contributed by atoms with Gasteiger partial charge in [-0.15, -0.1) is 0 Å². The molecule has 0 saturated heterocycles. The summed E-state index contributed by atoms with van der Waals surface area (Å²) in [6, 6.07) is 21.2. The Morgan fingerprint density at radius 3 is 2.43 bits per heavy atom.